The number of hydrogen-bond acceptors (Lipinski definition) is 4. The number of halogens is 1. The predicted molar refractivity (Wildman–Crippen MR) is 72.6 cm³/mol. The van der Waals surface area contributed by atoms with Gasteiger partial charge in [0.1, 0.15) is 0 Å². The Morgan fingerprint density at radius 3 is 2.47 bits per heavy atom. The molecule has 1 aromatic carbocycles. The second-order valence-electron chi connectivity index (χ2n) is 4.59. The fraction of sp³-hybridized carbons (Fsp3) is 0.364. The van der Waals surface area contributed by atoms with E-state index in [1.54, 1.807) is 0 Å². The molecular formula is C11H14BrNO5S. The Bertz CT molecular complexity index is 592. The highest BCUT2D eigenvalue weighted by Crippen LogP contribution is 2.23. The van der Waals surface area contributed by atoms with Crippen LogP contribution in [0, 0.1) is 0 Å². The summed E-state index contributed by atoms with van der Waals surface area (Å²) in [6, 6.07) is 3.70. The fourth-order valence-corrected chi connectivity index (χ4v) is 3.38. The van der Waals surface area contributed by atoms with E-state index in [0.717, 1.165) is 6.07 Å². The number of aliphatic hydroxyl groups is 1. The molecule has 1 aromatic rings. The van der Waals surface area contributed by atoms with Crippen molar-refractivity contribution < 1.29 is 23.4 Å². The van der Waals surface area contributed by atoms with Crippen molar-refractivity contribution in [2.24, 2.45) is 0 Å². The lowest BCUT2D eigenvalue weighted by molar-refractivity contribution is 0.0696. The zero-order chi connectivity index (χ0) is 14.8. The van der Waals surface area contributed by atoms with Gasteiger partial charge in [-0.15, -0.1) is 0 Å². The fourth-order valence-electron chi connectivity index (χ4n) is 1.19. The number of carbonyl (C=O) groups is 1. The van der Waals surface area contributed by atoms with E-state index in [0.29, 0.717) is 0 Å². The molecule has 0 radical (unpaired) electrons. The van der Waals surface area contributed by atoms with Gasteiger partial charge in [-0.1, -0.05) is 0 Å². The van der Waals surface area contributed by atoms with Crippen molar-refractivity contribution in [1.82, 2.24) is 4.72 Å². The van der Waals surface area contributed by atoms with E-state index in [1.165, 1.54) is 26.0 Å². The molecule has 6 nitrogen and oxygen atoms in total. The first-order valence-electron chi connectivity index (χ1n) is 5.28. The average Bonchev–Trinajstić information content (AvgIpc) is 2.25. The second-order valence-corrected chi connectivity index (χ2v) is 7.18. The maximum atomic E-state index is 12.0. The Morgan fingerprint density at radius 1 is 1.42 bits per heavy atom. The van der Waals surface area contributed by atoms with E-state index in [9.17, 15) is 18.3 Å². The number of nitrogens with one attached hydrogen (secondary N) is 1. The SMILES string of the molecule is CC(C)(O)CNS(=O)(=O)c1cc(C(=O)O)ccc1Br. The molecule has 8 heteroatoms. The van der Waals surface area contributed by atoms with Gasteiger partial charge in [0, 0.05) is 11.0 Å². The Labute approximate surface area is 119 Å². The van der Waals surface area contributed by atoms with Gasteiger partial charge in [0.25, 0.3) is 0 Å². The summed E-state index contributed by atoms with van der Waals surface area (Å²) in [5.74, 6) is -1.22. The smallest absolute Gasteiger partial charge is 0.335 e. The summed E-state index contributed by atoms with van der Waals surface area (Å²) in [5, 5.41) is 18.4. The highest BCUT2D eigenvalue weighted by atomic mass is 79.9. The van der Waals surface area contributed by atoms with Crippen LogP contribution in [-0.4, -0.2) is 36.7 Å². The molecule has 0 saturated carbocycles. The lowest BCUT2D eigenvalue weighted by Crippen LogP contribution is -2.38. The molecule has 0 spiro atoms. The highest BCUT2D eigenvalue weighted by Gasteiger charge is 2.22. The lowest BCUT2D eigenvalue weighted by atomic mass is 10.1. The van der Waals surface area contributed by atoms with Gasteiger partial charge in [-0.25, -0.2) is 17.9 Å². The Hall–Kier alpha value is -0.960. The molecule has 0 heterocycles. The minimum Gasteiger partial charge on any atom is -0.478 e. The number of carboxylic acid groups (broad SMARTS) is 1. The summed E-state index contributed by atoms with van der Waals surface area (Å²) < 4.78 is 26.5. The molecule has 0 saturated heterocycles. The maximum absolute atomic E-state index is 12.0. The summed E-state index contributed by atoms with van der Waals surface area (Å²) in [4.78, 5) is 10.7. The molecule has 3 N–H and O–H groups in total. The van der Waals surface area contributed by atoms with E-state index >= 15 is 0 Å². The van der Waals surface area contributed by atoms with Crippen molar-refractivity contribution in [3.8, 4) is 0 Å². The molecule has 0 atom stereocenters. The predicted octanol–water partition coefficient (Wildman–Crippen LogP) is 1.20. The molecular weight excluding hydrogens is 338 g/mol. The van der Waals surface area contributed by atoms with Crippen LogP contribution in [0.15, 0.2) is 27.6 Å². The Morgan fingerprint density at radius 2 is 2.00 bits per heavy atom. The molecule has 106 valence electrons. The number of sulfonamides is 1. The largest absolute Gasteiger partial charge is 0.478 e. The third-order valence-corrected chi connectivity index (χ3v) is 4.56. The van der Waals surface area contributed by atoms with Gasteiger partial charge in [-0.3, -0.25) is 0 Å². The number of benzene rings is 1. The van der Waals surface area contributed by atoms with Crippen molar-refractivity contribution in [2.45, 2.75) is 24.3 Å². The topological polar surface area (TPSA) is 104 Å². The van der Waals surface area contributed by atoms with Gasteiger partial charge in [0.15, 0.2) is 0 Å². The molecule has 0 aliphatic rings. The third-order valence-electron chi connectivity index (χ3n) is 2.16. The maximum Gasteiger partial charge on any atom is 0.335 e. The monoisotopic (exact) mass is 351 g/mol. The van der Waals surface area contributed by atoms with Gasteiger partial charge in [0.2, 0.25) is 10.0 Å². The van der Waals surface area contributed by atoms with Crippen molar-refractivity contribution in [3.63, 3.8) is 0 Å². The zero-order valence-electron chi connectivity index (χ0n) is 10.3. The molecule has 0 aliphatic heterocycles. The molecule has 1 rings (SSSR count). The molecule has 0 amide bonds. The van der Waals surface area contributed by atoms with Gasteiger partial charge in [0.05, 0.1) is 16.1 Å². The number of rotatable bonds is 5. The first-order valence-corrected chi connectivity index (χ1v) is 7.55. The number of carboxylic acids is 1. The Balaban J connectivity index is 3.14. The summed E-state index contributed by atoms with van der Waals surface area (Å²) in [6.07, 6.45) is 0. The molecule has 0 aliphatic carbocycles. The van der Waals surface area contributed by atoms with Crippen LogP contribution in [0.5, 0.6) is 0 Å². The number of aromatic carboxylic acids is 1. The quantitative estimate of drug-likeness (QED) is 0.739. The van der Waals surface area contributed by atoms with Crippen molar-refractivity contribution in [2.75, 3.05) is 6.54 Å². The summed E-state index contributed by atoms with van der Waals surface area (Å²) in [5.41, 5.74) is -1.34. The Kier molecular flexibility index (Phi) is 4.72. The summed E-state index contributed by atoms with van der Waals surface area (Å²) in [6.45, 7) is 2.73. The van der Waals surface area contributed by atoms with E-state index < -0.39 is 21.6 Å². The first-order chi connectivity index (χ1) is 8.53. The molecule has 19 heavy (non-hydrogen) atoms. The van der Waals surface area contributed by atoms with Gasteiger partial charge in [-0.2, -0.15) is 0 Å². The van der Waals surface area contributed by atoms with Crippen LogP contribution in [0.4, 0.5) is 0 Å². The van der Waals surface area contributed by atoms with E-state index in [-0.39, 0.29) is 21.5 Å². The zero-order valence-corrected chi connectivity index (χ0v) is 12.7. The minimum atomic E-state index is -3.90. The van der Waals surface area contributed by atoms with Crippen molar-refractivity contribution in [1.29, 1.82) is 0 Å². The van der Waals surface area contributed by atoms with Gasteiger partial charge >= 0.3 is 5.97 Å². The molecule has 0 unspecified atom stereocenters. The first kappa shape index (κ1) is 16.1. The van der Waals surface area contributed by atoms with E-state index in [1.807, 2.05) is 0 Å². The highest BCUT2D eigenvalue weighted by molar-refractivity contribution is 9.10. The number of hydrogen-bond donors (Lipinski definition) is 3. The van der Waals surface area contributed by atoms with E-state index in [2.05, 4.69) is 20.7 Å². The second kappa shape index (κ2) is 5.58. The molecule has 0 fully saturated rings. The van der Waals surface area contributed by atoms with E-state index in [4.69, 9.17) is 5.11 Å². The van der Waals surface area contributed by atoms with Gasteiger partial charge in [-0.05, 0) is 48.0 Å². The van der Waals surface area contributed by atoms with Crippen LogP contribution in [0.1, 0.15) is 24.2 Å². The van der Waals surface area contributed by atoms with Crippen LogP contribution in [0.25, 0.3) is 0 Å². The lowest BCUT2D eigenvalue weighted by Gasteiger charge is -2.18. The standard InChI is InChI=1S/C11H14BrNO5S/c1-11(2,16)6-13-19(17,18)9-5-7(10(14)15)3-4-8(9)12/h3-5,13,16H,6H2,1-2H3,(H,14,15). The normalized spacial score (nSPS) is 12.4. The van der Waals surface area contributed by atoms with Crippen molar-refractivity contribution >= 4 is 31.9 Å². The summed E-state index contributed by atoms with van der Waals surface area (Å²) >= 11 is 3.06. The van der Waals surface area contributed by atoms with Crippen LogP contribution in [0.2, 0.25) is 0 Å². The average molecular weight is 352 g/mol. The van der Waals surface area contributed by atoms with Crippen LogP contribution >= 0.6 is 15.9 Å². The van der Waals surface area contributed by atoms with Crippen LogP contribution < -0.4 is 4.72 Å². The summed E-state index contributed by atoms with van der Waals surface area (Å²) in [7, 11) is -3.90. The van der Waals surface area contributed by atoms with Crippen LogP contribution in [0.3, 0.4) is 0 Å². The van der Waals surface area contributed by atoms with Gasteiger partial charge < -0.3 is 10.2 Å². The molecule has 0 aromatic heterocycles. The minimum absolute atomic E-state index is 0.133. The molecule has 0 bridgehead atoms. The van der Waals surface area contributed by atoms with Crippen molar-refractivity contribution in [3.05, 3.63) is 28.2 Å². The van der Waals surface area contributed by atoms with Crippen LogP contribution in [-0.2, 0) is 10.0 Å². The third kappa shape index (κ3) is 4.57.